The maximum Gasteiger partial charge on any atom is 0.266 e. The van der Waals surface area contributed by atoms with Crippen LogP contribution >= 0.6 is 24.0 Å². The van der Waals surface area contributed by atoms with Gasteiger partial charge in [0, 0.05) is 12.4 Å². The van der Waals surface area contributed by atoms with Crippen LogP contribution in [0.3, 0.4) is 0 Å². The van der Waals surface area contributed by atoms with Crippen molar-refractivity contribution in [3.8, 4) is 0 Å². The number of nitrogens with zero attached hydrogens (tertiary/aromatic N) is 2. The quantitative estimate of drug-likeness (QED) is 0.629. The third kappa shape index (κ3) is 2.96. The standard InChI is InChI=1S/C17H14N2OS2/c1-12(14-5-3-2-4-6-14)19-16(20)15(22-17(19)21)11-13-7-9-18-10-8-13/h2-12H,1H3. The van der Waals surface area contributed by atoms with E-state index in [-0.39, 0.29) is 11.9 Å². The minimum absolute atomic E-state index is 0.0387. The Morgan fingerprint density at radius 3 is 2.55 bits per heavy atom. The zero-order valence-corrected chi connectivity index (χ0v) is 13.6. The first-order valence-corrected chi connectivity index (χ1v) is 8.11. The number of thioether (sulfide) groups is 1. The summed E-state index contributed by atoms with van der Waals surface area (Å²) < 4.78 is 0.599. The number of hydrogen-bond donors (Lipinski definition) is 0. The molecule has 3 nitrogen and oxygen atoms in total. The normalized spacial score (nSPS) is 18.0. The second-order valence-electron chi connectivity index (χ2n) is 4.92. The van der Waals surface area contributed by atoms with Crippen LogP contribution in [0.4, 0.5) is 0 Å². The minimum atomic E-state index is -0.0722. The molecule has 0 N–H and O–H groups in total. The summed E-state index contributed by atoms with van der Waals surface area (Å²) in [5.41, 5.74) is 2.02. The summed E-state index contributed by atoms with van der Waals surface area (Å²) in [5.74, 6) is -0.0387. The molecule has 1 atom stereocenters. The summed E-state index contributed by atoms with van der Waals surface area (Å²) in [6, 6.07) is 13.6. The molecule has 2 heterocycles. The second-order valence-corrected chi connectivity index (χ2v) is 6.59. The van der Waals surface area contributed by atoms with Crippen molar-refractivity contribution in [2.24, 2.45) is 0 Å². The van der Waals surface area contributed by atoms with Crippen LogP contribution in [0.1, 0.15) is 24.1 Å². The highest BCUT2D eigenvalue weighted by Gasteiger charge is 2.35. The van der Waals surface area contributed by atoms with Gasteiger partial charge in [0.15, 0.2) is 0 Å². The summed E-state index contributed by atoms with van der Waals surface area (Å²) in [6.07, 6.45) is 5.27. The molecule has 110 valence electrons. The summed E-state index contributed by atoms with van der Waals surface area (Å²) in [5, 5.41) is 0. The molecule has 1 aromatic carbocycles. The molecule has 1 aromatic heterocycles. The number of thiocarbonyl (C=S) groups is 1. The first-order valence-electron chi connectivity index (χ1n) is 6.89. The highest BCUT2D eigenvalue weighted by molar-refractivity contribution is 8.26. The van der Waals surface area contributed by atoms with Gasteiger partial charge in [0.25, 0.3) is 5.91 Å². The highest BCUT2D eigenvalue weighted by Crippen LogP contribution is 2.37. The van der Waals surface area contributed by atoms with E-state index in [4.69, 9.17) is 12.2 Å². The van der Waals surface area contributed by atoms with E-state index in [1.807, 2.05) is 55.5 Å². The van der Waals surface area contributed by atoms with Crippen molar-refractivity contribution in [1.82, 2.24) is 9.88 Å². The van der Waals surface area contributed by atoms with Gasteiger partial charge in [-0.25, -0.2) is 0 Å². The van der Waals surface area contributed by atoms with Crippen LogP contribution in [0.25, 0.3) is 6.08 Å². The van der Waals surface area contributed by atoms with E-state index in [0.29, 0.717) is 9.23 Å². The molecule has 1 fully saturated rings. The summed E-state index contributed by atoms with van der Waals surface area (Å²) in [7, 11) is 0. The third-order valence-electron chi connectivity index (χ3n) is 3.50. The number of hydrogen-bond acceptors (Lipinski definition) is 4. The Morgan fingerprint density at radius 2 is 1.86 bits per heavy atom. The molecule has 0 aliphatic carbocycles. The van der Waals surface area contributed by atoms with Crippen LogP contribution in [0.15, 0.2) is 59.8 Å². The van der Waals surface area contributed by atoms with E-state index in [0.717, 1.165) is 11.1 Å². The van der Waals surface area contributed by atoms with Crippen molar-refractivity contribution in [2.45, 2.75) is 13.0 Å². The molecule has 22 heavy (non-hydrogen) atoms. The van der Waals surface area contributed by atoms with Gasteiger partial charge in [0.1, 0.15) is 4.32 Å². The van der Waals surface area contributed by atoms with Crippen molar-refractivity contribution in [3.05, 3.63) is 70.9 Å². The fourth-order valence-corrected chi connectivity index (χ4v) is 3.72. The maximum absolute atomic E-state index is 12.7. The molecule has 2 aromatic rings. The van der Waals surface area contributed by atoms with E-state index in [1.165, 1.54) is 11.8 Å². The largest absolute Gasteiger partial charge is 0.286 e. The molecule has 0 spiro atoms. The lowest BCUT2D eigenvalue weighted by Crippen LogP contribution is -2.30. The Hall–Kier alpha value is -1.98. The predicted molar refractivity (Wildman–Crippen MR) is 94.1 cm³/mol. The first-order chi connectivity index (χ1) is 10.7. The van der Waals surface area contributed by atoms with E-state index in [1.54, 1.807) is 17.3 Å². The number of benzene rings is 1. The lowest BCUT2D eigenvalue weighted by molar-refractivity contribution is -0.123. The van der Waals surface area contributed by atoms with Crippen molar-refractivity contribution < 1.29 is 4.79 Å². The number of aromatic nitrogens is 1. The van der Waals surface area contributed by atoms with Gasteiger partial charge in [-0.2, -0.15) is 0 Å². The van der Waals surface area contributed by atoms with Crippen molar-refractivity contribution >= 4 is 40.3 Å². The summed E-state index contributed by atoms with van der Waals surface area (Å²) in [6.45, 7) is 2.00. The smallest absolute Gasteiger partial charge is 0.266 e. The maximum atomic E-state index is 12.7. The van der Waals surface area contributed by atoms with E-state index >= 15 is 0 Å². The Bertz CT molecular complexity index is 729. The number of rotatable bonds is 3. The van der Waals surface area contributed by atoms with Gasteiger partial charge in [-0.05, 0) is 36.3 Å². The topological polar surface area (TPSA) is 33.2 Å². The van der Waals surface area contributed by atoms with Gasteiger partial charge in [-0.3, -0.25) is 14.7 Å². The van der Waals surface area contributed by atoms with Crippen LogP contribution in [0.5, 0.6) is 0 Å². The molecule has 0 radical (unpaired) electrons. The average Bonchev–Trinajstić information content (AvgIpc) is 2.82. The van der Waals surface area contributed by atoms with Gasteiger partial charge in [0.2, 0.25) is 0 Å². The molecule has 0 saturated carbocycles. The second kappa shape index (κ2) is 6.42. The molecule has 1 aliphatic heterocycles. The summed E-state index contributed by atoms with van der Waals surface area (Å²) in [4.78, 5) is 19.0. The Balaban J connectivity index is 1.88. The zero-order chi connectivity index (χ0) is 15.5. The summed E-state index contributed by atoms with van der Waals surface area (Å²) >= 11 is 6.75. The van der Waals surface area contributed by atoms with Crippen LogP contribution in [-0.2, 0) is 4.79 Å². The van der Waals surface area contributed by atoms with Gasteiger partial charge < -0.3 is 0 Å². The number of carbonyl (C=O) groups is 1. The Morgan fingerprint density at radius 1 is 1.18 bits per heavy atom. The molecule has 1 unspecified atom stereocenters. The fraction of sp³-hybridized carbons (Fsp3) is 0.118. The molecule has 0 bridgehead atoms. The highest BCUT2D eigenvalue weighted by atomic mass is 32.2. The van der Waals surface area contributed by atoms with E-state index in [9.17, 15) is 4.79 Å². The number of amides is 1. The average molecular weight is 326 g/mol. The Labute approximate surface area is 139 Å². The van der Waals surface area contributed by atoms with Gasteiger partial charge in [-0.15, -0.1) is 0 Å². The lowest BCUT2D eigenvalue weighted by atomic mass is 10.1. The fourth-order valence-electron chi connectivity index (χ4n) is 2.31. The van der Waals surface area contributed by atoms with Crippen molar-refractivity contribution in [1.29, 1.82) is 0 Å². The van der Waals surface area contributed by atoms with Gasteiger partial charge >= 0.3 is 0 Å². The first kappa shape index (κ1) is 14.9. The van der Waals surface area contributed by atoms with Crippen molar-refractivity contribution in [2.75, 3.05) is 0 Å². The van der Waals surface area contributed by atoms with E-state index in [2.05, 4.69) is 4.98 Å². The molecule has 1 amide bonds. The monoisotopic (exact) mass is 326 g/mol. The Kier molecular flexibility index (Phi) is 4.36. The number of pyridine rings is 1. The van der Waals surface area contributed by atoms with Crippen LogP contribution in [-0.4, -0.2) is 20.1 Å². The van der Waals surface area contributed by atoms with E-state index < -0.39 is 0 Å². The van der Waals surface area contributed by atoms with Crippen LogP contribution in [0.2, 0.25) is 0 Å². The van der Waals surface area contributed by atoms with Gasteiger partial charge in [-0.1, -0.05) is 54.3 Å². The minimum Gasteiger partial charge on any atom is -0.286 e. The molecule has 5 heteroatoms. The van der Waals surface area contributed by atoms with Crippen LogP contribution < -0.4 is 0 Å². The molecule has 3 rings (SSSR count). The predicted octanol–water partition coefficient (Wildman–Crippen LogP) is 4.04. The zero-order valence-electron chi connectivity index (χ0n) is 12.0. The molecule has 1 aliphatic rings. The molecular weight excluding hydrogens is 312 g/mol. The lowest BCUT2D eigenvalue weighted by Gasteiger charge is -2.23. The molecule has 1 saturated heterocycles. The van der Waals surface area contributed by atoms with Crippen molar-refractivity contribution in [3.63, 3.8) is 0 Å². The number of carbonyl (C=O) groups excluding carboxylic acids is 1. The molecular formula is C17H14N2OS2. The van der Waals surface area contributed by atoms with Gasteiger partial charge in [0.05, 0.1) is 10.9 Å². The SMILES string of the molecule is CC(c1ccccc1)N1C(=O)C(=Cc2ccncc2)SC1=S. The third-order valence-corrected chi connectivity index (χ3v) is 4.83. The van der Waals surface area contributed by atoms with Crippen LogP contribution in [0, 0.1) is 0 Å².